The molecule has 2 saturated carbocycles. The molecule has 0 aromatic carbocycles. The van der Waals surface area contributed by atoms with Gasteiger partial charge in [0.2, 0.25) is 0 Å². The highest BCUT2D eigenvalue weighted by Gasteiger charge is 2.68. The molecule has 498 valence electrons. The Morgan fingerprint density at radius 2 is 1.20 bits per heavy atom. The topological polar surface area (TPSA) is 482 Å². The maximum atomic E-state index is 14.8. The first-order chi connectivity index (χ1) is 40.4. The SMILES string of the molecule is CO[C@@H]1[C@@H](O)[C@H](O[C@@H]2[C@@H](O)[C@H](O[C@H]3[C@H](O)[C@@H](O[C@@H]4OC[C@@H](O)[C@H](O)[C@H]4O)[C@H](O[C@H]4[C@H](O[C@H]5CC[C@]6(C)C7=C(C(=O)C[C@H]6C5(C)C)[C@]5(C)CC[C@H](C(C)=O)[C@@]5(C)CC7=O)OC[C@@H](OS(=O)(=O)O)[C@@H]4O)O[C@@H]3C)O[C@H](COS(=O)(=O)O)[C@H]2O)O[C@H](CO)[C@H]1O. The monoisotopic (exact) mass is 1290 g/mol. The van der Waals surface area contributed by atoms with Crippen molar-refractivity contribution in [3.8, 4) is 0 Å². The third-order valence-corrected chi connectivity index (χ3v) is 21.1. The van der Waals surface area contributed by atoms with Crippen LogP contribution in [0.4, 0.5) is 0 Å². The molecule has 9 rings (SSSR count). The summed E-state index contributed by atoms with van der Waals surface area (Å²) in [5.41, 5.74) is -2.55. The zero-order chi connectivity index (χ0) is 64.2. The zero-order valence-electron chi connectivity index (χ0n) is 48.9. The van der Waals surface area contributed by atoms with E-state index in [0.717, 1.165) is 7.11 Å². The summed E-state index contributed by atoms with van der Waals surface area (Å²) >= 11 is 0. The standard InChI is InChI=1S/C53H82O32S2/c1-19(55)21-9-12-52(6)31-22(56)13-28-50(3,4)29(10-11-51(28,5)30(31)23(57)14-53(21,52)7)80-48-43(35(62)27(17-75-48)85-87(70,71)72)84-49-44(83-45-36(63)32(59)24(58)16-74-45)37(64)40(20(2)77-49)81-47-39(66)42(34(61)26(79-47)18-76-86(67,68)69)82-46-38(65)41(73-8)33(60)25(15-54)78-46/h20-21,24-29,32-49,54,58-66H,9-18H2,1-8H3,(H,67,68,69)(H,70,71,72)/t20-,21-,24-,25-,26-,27-,28+,29+,32+,33-,34-,35+,36-,37+,38-,39-,40-,41+,42+,43-,44-,45+,46+,47+,48+,49+,51+,52+,53-/m1/s1. The fraction of sp³-hybridized carbons (Fsp3) is 0.906. The van der Waals surface area contributed by atoms with Crippen LogP contribution in [0.1, 0.15) is 87.0 Å². The van der Waals surface area contributed by atoms with E-state index in [1.807, 2.05) is 34.6 Å². The fourth-order valence-electron chi connectivity index (χ4n) is 15.3. The van der Waals surface area contributed by atoms with E-state index in [4.69, 9.17) is 56.3 Å². The van der Waals surface area contributed by atoms with E-state index in [1.165, 1.54) is 13.8 Å². The van der Waals surface area contributed by atoms with Crippen LogP contribution in [0.5, 0.6) is 0 Å². The van der Waals surface area contributed by atoms with Gasteiger partial charge in [0.15, 0.2) is 43.0 Å². The van der Waals surface area contributed by atoms with Crippen LogP contribution in [0, 0.1) is 33.5 Å². The number of aliphatic hydroxyl groups is 10. The van der Waals surface area contributed by atoms with Gasteiger partial charge in [0.05, 0.1) is 38.6 Å². The summed E-state index contributed by atoms with van der Waals surface area (Å²) in [5.74, 6) is -1.47. The van der Waals surface area contributed by atoms with E-state index < -0.39 is 228 Å². The van der Waals surface area contributed by atoms with Gasteiger partial charge in [-0.3, -0.25) is 23.5 Å². The fourth-order valence-corrected chi connectivity index (χ4v) is 16.1. The Morgan fingerprint density at radius 3 is 1.82 bits per heavy atom. The van der Waals surface area contributed by atoms with Gasteiger partial charge in [0, 0.05) is 47.8 Å². The molecule has 34 heteroatoms. The average Bonchev–Trinajstić information content (AvgIpc) is 1.67. The van der Waals surface area contributed by atoms with Crippen molar-refractivity contribution in [2.75, 3.05) is 33.5 Å². The molecule has 5 heterocycles. The molecule has 12 N–H and O–H groups in total. The van der Waals surface area contributed by atoms with Gasteiger partial charge in [0.25, 0.3) is 0 Å². The molecule has 87 heavy (non-hydrogen) atoms. The van der Waals surface area contributed by atoms with Crippen LogP contribution in [0.15, 0.2) is 11.1 Å². The molecule has 7 fully saturated rings. The highest BCUT2D eigenvalue weighted by molar-refractivity contribution is 7.81. The lowest BCUT2D eigenvalue weighted by atomic mass is 9.43. The molecule has 5 saturated heterocycles. The zero-order valence-corrected chi connectivity index (χ0v) is 50.6. The molecule has 9 aliphatic rings. The first-order valence-corrected chi connectivity index (χ1v) is 31.5. The molecule has 0 amide bonds. The summed E-state index contributed by atoms with van der Waals surface area (Å²) in [4.78, 5) is 42.4. The summed E-state index contributed by atoms with van der Waals surface area (Å²) in [5, 5.41) is 112. The third kappa shape index (κ3) is 12.8. The van der Waals surface area contributed by atoms with Crippen molar-refractivity contribution in [2.45, 2.75) is 234 Å². The number of fused-ring (bicyclic) bond motifs is 4. The smallest absolute Gasteiger partial charge is 0.394 e. The van der Waals surface area contributed by atoms with E-state index in [2.05, 4.69) is 4.18 Å². The minimum Gasteiger partial charge on any atom is -0.394 e. The van der Waals surface area contributed by atoms with Crippen molar-refractivity contribution in [3.05, 3.63) is 11.1 Å². The van der Waals surface area contributed by atoms with Gasteiger partial charge in [-0.15, -0.1) is 0 Å². The predicted molar refractivity (Wildman–Crippen MR) is 282 cm³/mol. The highest BCUT2D eigenvalue weighted by Crippen LogP contribution is 2.70. The van der Waals surface area contributed by atoms with Gasteiger partial charge in [-0.05, 0) is 56.3 Å². The van der Waals surface area contributed by atoms with Gasteiger partial charge in [-0.1, -0.05) is 34.6 Å². The molecule has 0 aromatic heterocycles. The third-order valence-electron chi connectivity index (χ3n) is 20.2. The Labute approximate surface area is 501 Å². The highest BCUT2D eigenvalue weighted by atomic mass is 32.3. The van der Waals surface area contributed by atoms with Crippen molar-refractivity contribution in [1.82, 2.24) is 0 Å². The van der Waals surface area contributed by atoms with Gasteiger partial charge in [-0.25, -0.2) is 8.37 Å². The lowest BCUT2D eigenvalue weighted by molar-refractivity contribution is -0.403. The second-order valence-electron chi connectivity index (χ2n) is 25.6. The van der Waals surface area contributed by atoms with Crippen molar-refractivity contribution in [2.24, 2.45) is 33.5 Å². The van der Waals surface area contributed by atoms with E-state index in [1.54, 1.807) is 0 Å². The van der Waals surface area contributed by atoms with Crippen LogP contribution in [0.3, 0.4) is 0 Å². The summed E-state index contributed by atoms with van der Waals surface area (Å²) in [6, 6.07) is 0. The van der Waals surface area contributed by atoms with Gasteiger partial charge < -0.3 is 103 Å². The van der Waals surface area contributed by atoms with E-state index in [9.17, 15) is 91.4 Å². The van der Waals surface area contributed by atoms with Crippen molar-refractivity contribution >= 4 is 38.1 Å². The Morgan fingerprint density at radius 1 is 0.609 bits per heavy atom. The number of aliphatic hydroxyl groups excluding tert-OH is 10. The van der Waals surface area contributed by atoms with E-state index >= 15 is 0 Å². The first-order valence-electron chi connectivity index (χ1n) is 28.8. The van der Waals surface area contributed by atoms with Crippen LogP contribution in [0.25, 0.3) is 0 Å². The largest absolute Gasteiger partial charge is 0.397 e. The van der Waals surface area contributed by atoms with E-state index in [0.29, 0.717) is 24.0 Å². The Bertz CT molecular complexity index is 2790. The number of carbonyl (C=O) groups is 3. The molecular weight excluding hydrogens is 1210 g/mol. The molecule has 0 bridgehead atoms. The number of carbonyl (C=O) groups excluding carboxylic acids is 3. The average molecular weight is 1300 g/mol. The second kappa shape index (κ2) is 25.5. The molecule has 5 aliphatic heterocycles. The van der Waals surface area contributed by atoms with Crippen molar-refractivity contribution < 1.29 is 152 Å². The Kier molecular flexibility index (Phi) is 20.2. The maximum absolute atomic E-state index is 14.8. The molecule has 0 aromatic rings. The van der Waals surface area contributed by atoms with Crippen molar-refractivity contribution in [3.63, 3.8) is 0 Å². The molecule has 32 nitrogen and oxygen atoms in total. The molecule has 0 radical (unpaired) electrons. The normalized spacial score (nSPS) is 48.8. The number of hydrogen-bond donors (Lipinski definition) is 12. The summed E-state index contributed by atoms with van der Waals surface area (Å²) in [6.07, 6.45) is -43.5. The molecular formula is C53H82O32S2. The number of rotatable bonds is 18. The number of allylic oxidation sites excluding steroid dienone is 2. The lowest BCUT2D eigenvalue weighted by Crippen LogP contribution is -2.68. The lowest BCUT2D eigenvalue weighted by Gasteiger charge is -2.61. The summed E-state index contributed by atoms with van der Waals surface area (Å²) in [6.45, 7) is 8.77. The van der Waals surface area contributed by atoms with Crippen LogP contribution in [0.2, 0.25) is 0 Å². The van der Waals surface area contributed by atoms with Crippen LogP contribution < -0.4 is 0 Å². The quantitative estimate of drug-likeness (QED) is 0.0579. The van der Waals surface area contributed by atoms with Crippen molar-refractivity contribution in [1.29, 1.82) is 0 Å². The summed E-state index contributed by atoms with van der Waals surface area (Å²) < 4.78 is 142. The minimum absolute atomic E-state index is 0.0158. The van der Waals surface area contributed by atoms with Crippen LogP contribution in [-0.4, -0.2) is 275 Å². The molecule has 0 spiro atoms. The van der Waals surface area contributed by atoms with Gasteiger partial charge in [0.1, 0.15) is 110 Å². The van der Waals surface area contributed by atoms with Gasteiger partial charge >= 0.3 is 20.8 Å². The van der Waals surface area contributed by atoms with Crippen LogP contribution in [-0.2, 0) is 95.7 Å². The second-order valence-corrected chi connectivity index (χ2v) is 27.8. The Balaban J connectivity index is 1.01. The Hall–Kier alpha value is -2.35. The van der Waals surface area contributed by atoms with Gasteiger partial charge in [-0.2, -0.15) is 16.8 Å². The number of methoxy groups -OCH3 is 1. The van der Waals surface area contributed by atoms with E-state index in [-0.39, 0.29) is 43.0 Å². The molecule has 29 atom stereocenters. The van der Waals surface area contributed by atoms with Crippen LogP contribution >= 0.6 is 0 Å². The number of hydrogen-bond acceptors (Lipinski definition) is 30. The molecule has 4 aliphatic carbocycles. The summed E-state index contributed by atoms with van der Waals surface area (Å²) in [7, 11) is -9.50. The number of ether oxygens (including phenoxy) is 11. The number of Topliss-reactive ketones (excluding diaryl/α,β-unsaturated/α-hetero) is 3. The molecule has 0 unspecified atom stereocenters. The predicted octanol–water partition coefficient (Wildman–Crippen LogP) is -4.22. The minimum atomic E-state index is -5.34. The maximum Gasteiger partial charge on any atom is 0.397 e. The first kappa shape index (κ1) is 69.0. The number of ketones is 3.